The number of nitrogens with zero attached hydrogens (tertiary/aromatic N) is 3. The molecule has 2 aromatic rings. The topological polar surface area (TPSA) is 52.0 Å². The largest absolute Gasteiger partial charge is 0.495 e. The van der Waals surface area contributed by atoms with Crippen LogP contribution in [0, 0.1) is 0 Å². The third-order valence-electron chi connectivity index (χ3n) is 2.48. The second kappa shape index (κ2) is 5.71. The van der Waals surface area contributed by atoms with E-state index in [1.807, 2.05) is 23.7 Å². The molecule has 0 amide bonds. The van der Waals surface area contributed by atoms with Crippen LogP contribution in [0.15, 0.2) is 27.4 Å². The molecule has 1 heterocycles. The van der Waals surface area contributed by atoms with Gasteiger partial charge in [-0.15, -0.1) is 10.2 Å². The van der Waals surface area contributed by atoms with Crippen molar-refractivity contribution >= 4 is 37.5 Å². The van der Waals surface area contributed by atoms with E-state index in [4.69, 9.17) is 4.74 Å². The number of anilines is 1. The Hall–Kier alpha value is -1.08. The van der Waals surface area contributed by atoms with Crippen molar-refractivity contribution in [3.05, 3.63) is 33.2 Å². The number of benzene rings is 1. The van der Waals surface area contributed by atoms with Crippen LogP contribution >= 0.6 is 31.9 Å². The Kier molecular flexibility index (Phi) is 4.23. The molecule has 0 aliphatic rings. The fraction of sp³-hybridized carbons (Fsp3) is 0.273. The molecule has 7 heteroatoms. The zero-order chi connectivity index (χ0) is 13.1. The van der Waals surface area contributed by atoms with E-state index in [1.165, 1.54) is 0 Å². The van der Waals surface area contributed by atoms with Gasteiger partial charge in [0.25, 0.3) is 0 Å². The van der Waals surface area contributed by atoms with Crippen molar-refractivity contribution in [3.8, 4) is 5.75 Å². The third-order valence-corrected chi connectivity index (χ3v) is 3.76. The molecule has 2 rings (SSSR count). The number of hydrogen-bond acceptors (Lipinski definition) is 4. The van der Waals surface area contributed by atoms with Gasteiger partial charge >= 0.3 is 0 Å². The maximum absolute atomic E-state index is 5.26. The van der Waals surface area contributed by atoms with Gasteiger partial charge in [0.15, 0.2) is 5.82 Å². The number of nitrogens with one attached hydrogen (secondary N) is 1. The molecule has 1 aromatic carbocycles. The van der Waals surface area contributed by atoms with E-state index >= 15 is 0 Å². The van der Waals surface area contributed by atoms with Crippen LogP contribution in [-0.2, 0) is 13.6 Å². The highest BCUT2D eigenvalue weighted by atomic mass is 79.9. The number of ether oxygens (including phenoxy) is 1. The van der Waals surface area contributed by atoms with Crippen LogP contribution in [0.5, 0.6) is 5.75 Å². The lowest BCUT2D eigenvalue weighted by Gasteiger charge is -2.11. The Bertz CT molecular complexity index is 556. The zero-order valence-corrected chi connectivity index (χ0v) is 13.1. The summed E-state index contributed by atoms with van der Waals surface area (Å²) in [6, 6.07) is 3.86. The average Bonchev–Trinajstić information content (AvgIpc) is 2.74. The van der Waals surface area contributed by atoms with Crippen LogP contribution in [-0.4, -0.2) is 21.9 Å². The molecule has 0 atom stereocenters. The second-order valence-electron chi connectivity index (χ2n) is 3.68. The summed E-state index contributed by atoms with van der Waals surface area (Å²) < 4.78 is 8.99. The molecule has 0 radical (unpaired) electrons. The first-order valence-electron chi connectivity index (χ1n) is 5.21. The number of aromatic nitrogens is 3. The molecule has 0 fully saturated rings. The van der Waals surface area contributed by atoms with E-state index in [-0.39, 0.29) is 0 Å². The second-order valence-corrected chi connectivity index (χ2v) is 5.39. The molecule has 0 bridgehead atoms. The van der Waals surface area contributed by atoms with Crippen LogP contribution in [0.4, 0.5) is 5.69 Å². The molecular formula is C11H12Br2N4O. The molecule has 96 valence electrons. The molecule has 1 N–H and O–H groups in total. The Labute approximate surface area is 122 Å². The maximum atomic E-state index is 5.26. The summed E-state index contributed by atoms with van der Waals surface area (Å²) in [4.78, 5) is 0. The van der Waals surface area contributed by atoms with E-state index in [0.717, 1.165) is 26.2 Å². The van der Waals surface area contributed by atoms with Gasteiger partial charge in [-0.2, -0.15) is 0 Å². The summed E-state index contributed by atoms with van der Waals surface area (Å²) >= 11 is 6.94. The minimum atomic E-state index is 0.597. The number of aryl methyl sites for hydroxylation is 1. The summed E-state index contributed by atoms with van der Waals surface area (Å²) in [5.41, 5.74) is 0.943. The van der Waals surface area contributed by atoms with Gasteiger partial charge in [0, 0.05) is 17.6 Å². The zero-order valence-electron chi connectivity index (χ0n) is 9.94. The van der Waals surface area contributed by atoms with Gasteiger partial charge in [-0.3, -0.25) is 0 Å². The summed E-state index contributed by atoms with van der Waals surface area (Å²) in [5.74, 6) is 1.64. The van der Waals surface area contributed by atoms with Gasteiger partial charge in [-0.1, -0.05) is 0 Å². The smallest absolute Gasteiger partial charge is 0.151 e. The van der Waals surface area contributed by atoms with Crippen LogP contribution in [0.1, 0.15) is 5.82 Å². The van der Waals surface area contributed by atoms with Crippen LogP contribution in [0.2, 0.25) is 0 Å². The SMILES string of the molecule is COc1cc(NCc2nncn2C)c(Br)cc1Br. The summed E-state index contributed by atoms with van der Waals surface area (Å²) in [6.45, 7) is 0.597. The molecule has 18 heavy (non-hydrogen) atoms. The molecular weight excluding hydrogens is 364 g/mol. The maximum Gasteiger partial charge on any atom is 0.151 e. The lowest BCUT2D eigenvalue weighted by molar-refractivity contribution is 0.412. The minimum absolute atomic E-state index is 0.597. The standard InChI is InChI=1S/C11H12Br2N4O/c1-17-6-15-16-11(17)5-14-9-4-10(18-2)8(13)3-7(9)12/h3-4,6,14H,5H2,1-2H3. The molecule has 0 unspecified atom stereocenters. The third kappa shape index (κ3) is 2.84. The highest BCUT2D eigenvalue weighted by molar-refractivity contribution is 9.11. The number of rotatable bonds is 4. The van der Waals surface area contributed by atoms with Crippen molar-refractivity contribution in [2.75, 3.05) is 12.4 Å². The van der Waals surface area contributed by atoms with Crippen molar-refractivity contribution in [1.29, 1.82) is 0 Å². The van der Waals surface area contributed by atoms with Crippen molar-refractivity contribution in [3.63, 3.8) is 0 Å². The van der Waals surface area contributed by atoms with Crippen molar-refractivity contribution < 1.29 is 4.74 Å². The lowest BCUT2D eigenvalue weighted by atomic mass is 10.3. The Morgan fingerprint density at radius 3 is 2.72 bits per heavy atom. The van der Waals surface area contributed by atoms with Gasteiger partial charge in [-0.05, 0) is 37.9 Å². The first-order chi connectivity index (χ1) is 8.61. The summed E-state index contributed by atoms with van der Waals surface area (Å²) in [5, 5.41) is 11.1. The summed E-state index contributed by atoms with van der Waals surface area (Å²) in [6.07, 6.45) is 1.67. The Balaban J connectivity index is 2.16. The van der Waals surface area contributed by atoms with Gasteiger partial charge in [0.2, 0.25) is 0 Å². The van der Waals surface area contributed by atoms with Crippen molar-refractivity contribution in [2.24, 2.45) is 7.05 Å². The molecule has 0 saturated heterocycles. The van der Waals surface area contributed by atoms with Crippen LogP contribution < -0.4 is 10.1 Å². The highest BCUT2D eigenvalue weighted by Gasteiger charge is 2.08. The molecule has 0 spiro atoms. The fourth-order valence-electron chi connectivity index (χ4n) is 1.46. The number of methoxy groups -OCH3 is 1. The van der Waals surface area contributed by atoms with Gasteiger partial charge in [0.1, 0.15) is 12.1 Å². The fourth-order valence-corrected chi connectivity index (χ4v) is 2.76. The van der Waals surface area contributed by atoms with E-state index < -0.39 is 0 Å². The summed E-state index contributed by atoms with van der Waals surface area (Å²) in [7, 11) is 3.55. The normalized spacial score (nSPS) is 10.4. The molecule has 0 saturated carbocycles. The molecule has 5 nitrogen and oxygen atoms in total. The molecule has 0 aliphatic carbocycles. The monoisotopic (exact) mass is 374 g/mol. The van der Waals surface area contributed by atoms with E-state index in [2.05, 4.69) is 47.4 Å². The van der Waals surface area contributed by atoms with Gasteiger partial charge in [-0.25, -0.2) is 0 Å². The Morgan fingerprint density at radius 1 is 1.33 bits per heavy atom. The van der Waals surface area contributed by atoms with E-state index in [1.54, 1.807) is 13.4 Å². The molecule has 1 aromatic heterocycles. The first kappa shape index (κ1) is 13.4. The number of halogens is 2. The quantitative estimate of drug-likeness (QED) is 0.892. The predicted octanol–water partition coefficient (Wildman–Crippen LogP) is 2.96. The van der Waals surface area contributed by atoms with Crippen LogP contribution in [0.3, 0.4) is 0 Å². The predicted molar refractivity (Wildman–Crippen MR) is 76.7 cm³/mol. The minimum Gasteiger partial charge on any atom is -0.495 e. The van der Waals surface area contributed by atoms with Gasteiger partial charge in [0.05, 0.1) is 23.8 Å². The van der Waals surface area contributed by atoms with Gasteiger partial charge < -0.3 is 14.6 Å². The van der Waals surface area contributed by atoms with E-state index in [9.17, 15) is 0 Å². The first-order valence-corrected chi connectivity index (χ1v) is 6.80. The van der Waals surface area contributed by atoms with Crippen molar-refractivity contribution in [2.45, 2.75) is 6.54 Å². The van der Waals surface area contributed by atoms with Crippen molar-refractivity contribution in [1.82, 2.24) is 14.8 Å². The molecule has 0 aliphatic heterocycles. The lowest BCUT2D eigenvalue weighted by Crippen LogP contribution is -2.06. The number of hydrogen-bond donors (Lipinski definition) is 1. The van der Waals surface area contributed by atoms with Crippen LogP contribution in [0.25, 0.3) is 0 Å². The highest BCUT2D eigenvalue weighted by Crippen LogP contribution is 2.34. The Morgan fingerprint density at radius 2 is 2.11 bits per heavy atom. The van der Waals surface area contributed by atoms with E-state index in [0.29, 0.717) is 6.54 Å². The average molecular weight is 376 g/mol.